The Balaban J connectivity index is 1.40. The van der Waals surface area contributed by atoms with E-state index in [4.69, 9.17) is 9.47 Å². The number of fused-ring (bicyclic) bond motifs is 1. The predicted octanol–water partition coefficient (Wildman–Crippen LogP) is 4.25. The van der Waals surface area contributed by atoms with E-state index in [9.17, 15) is 9.59 Å². The maximum absolute atomic E-state index is 12.6. The molecule has 148 valence electrons. The van der Waals surface area contributed by atoms with Crippen LogP contribution in [0.1, 0.15) is 53.0 Å². The molecule has 0 aromatic heterocycles. The van der Waals surface area contributed by atoms with Gasteiger partial charge in [-0.25, -0.2) is 0 Å². The van der Waals surface area contributed by atoms with E-state index in [1.165, 1.54) is 10.5 Å². The summed E-state index contributed by atoms with van der Waals surface area (Å²) in [6.07, 6.45) is 1.73. The standard InChI is InChI=1S/C23H27NO4/c1-17-10-12-18(13-11-17)28-15-7-6-14-27-16-23(2,3)24-21(25)19-8-4-5-9-20(19)22(24)26/h4-5,8-13H,6-7,14-16H2,1-3H3. The van der Waals surface area contributed by atoms with Crippen LogP contribution in [0.5, 0.6) is 5.75 Å². The third-order valence-corrected chi connectivity index (χ3v) is 4.83. The summed E-state index contributed by atoms with van der Waals surface area (Å²) in [7, 11) is 0. The number of hydrogen-bond donors (Lipinski definition) is 0. The summed E-state index contributed by atoms with van der Waals surface area (Å²) in [4.78, 5) is 26.6. The zero-order valence-electron chi connectivity index (χ0n) is 16.7. The van der Waals surface area contributed by atoms with Crippen molar-refractivity contribution in [1.29, 1.82) is 0 Å². The number of benzene rings is 2. The Morgan fingerprint density at radius 3 is 2.04 bits per heavy atom. The molecule has 5 heteroatoms. The Morgan fingerprint density at radius 1 is 0.857 bits per heavy atom. The molecule has 1 heterocycles. The van der Waals surface area contributed by atoms with E-state index in [2.05, 4.69) is 0 Å². The highest BCUT2D eigenvalue weighted by Gasteiger charge is 2.43. The molecule has 5 nitrogen and oxygen atoms in total. The molecule has 0 spiro atoms. The molecule has 3 rings (SSSR count). The lowest BCUT2D eigenvalue weighted by molar-refractivity contribution is 0.0151. The van der Waals surface area contributed by atoms with Crippen molar-refractivity contribution in [2.24, 2.45) is 0 Å². The van der Waals surface area contributed by atoms with Crippen LogP contribution in [0.2, 0.25) is 0 Å². The Morgan fingerprint density at radius 2 is 1.43 bits per heavy atom. The molecule has 0 fully saturated rings. The monoisotopic (exact) mass is 381 g/mol. The second-order valence-corrected chi connectivity index (χ2v) is 7.72. The fourth-order valence-corrected chi connectivity index (χ4v) is 3.26. The molecule has 2 amide bonds. The van der Waals surface area contributed by atoms with Crippen molar-refractivity contribution in [2.75, 3.05) is 19.8 Å². The summed E-state index contributed by atoms with van der Waals surface area (Å²) >= 11 is 0. The first-order chi connectivity index (χ1) is 13.4. The van der Waals surface area contributed by atoms with Gasteiger partial charge < -0.3 is 9.47 Å². The van der Waals surface area contributed by atoms with Gasteiger partial charge in [-0.3, -0.25) is 14.5 Å². The lowest BCUT2D eigenvalue weighted by Crippen LogP contribution is -2.50. The molecular weight excluding hydrogens is 354 g/mol. The lowest BCUT2D eigenvalue weighted by Gasteiger charge is -2.33. The largest absolute Gasteiger partial charge is 0.494 e. The van der Waals surface area contributed by atoms with Gasteiger partial charge in [-0.2, -0.15) is 0 Å². The molecule has 2 aromatic rings. The van der Waals surface area contributed by atoms with Gasteiger partial charge in [-0.1, -0.05) is 29.8 Å². The average Bonchev–Trinajstić information content (AvgIpc) is 2.94. The molecule has 2 aromatic carbocycles. The van der Waals surface area contributed by atoms with E-state index in [0.717, 1.165) is 18.6 Å². The quantitative estimate of drug-likeness (QED) is 0.481. The number of imide groups is 1. The molecule has 0 N–H and O–H groups in total. The SMILES string of the molecule is Cc1ccc(OCCCCOCC(C)(C)N2C(=O)c3ccccc3C2=O)cc1. The summed E-state index contributed by atoms with van der Waals surface area (Å²) in [5.41, 5.74) is 1.44. The van der Waals surface area contributed by atoms with Crippen LogP contribution in [0.15, 0.2) is 48.5 Å². The van der Waals surface area contributed by atoms with Crippen molar-refractivity contribution in [3.8, 4) is 5.75 Å². The van der Waals surface area contributed by atoms with Gasteiger partial charge in [-0.05, 0) is 57.9 Å². The normalized spacial score (nSPS) is 13.8. The molecule has 0 aliphatic carbocycles. The Bertz CT molecular complexity index is 807. The van der Waals surface area contributed by atoms with Crippen molar-refractivity contribution < 1.29 is 19.1 Å². The van der Waals surface area contributed by atoms with Gasteiger partial charge in [-0.15, -0.1) is 0 Å². The predicted molar refractivity (Wildman–Crippen MR) is 108 cm³/mol. The van der Waals surface area contributed by atoms with Crippen LogP contribution in [0.4, 0.5) is 0 Å². The first-order valence-electron chi connectivity index (χ1n) is 9.65. The van der Waals surface area contributed by atoms with Crippen LogP contribution in [0.25, 0.3) is 0 Å². The maximum Gasteiger partial charge on any atom is 0.262 e. The fourth-order valence-electron chi connectivity index (χ4n) is 3.26. The Labute approximate surface area is 166 Å². The van der Waals surface area contributed by atoms with Gasteiger partial charge >= 0.3 is 0 Å². The summed E-state index contributed by atoms with van der Waals surface area (Å²) in [6, 6.07) is 14.9. The minimum atomic E-state index is -0.703. The number of hydrogen-bond acceptors (Lipinski definition) is 4. The molecule has 1 aliphatic rings. The molecule has 0 saturated carbocycles. The number of rotatable bonds is 9. The minimum absolute atomic E-state index is 0.249. The molecule has 0 saturated heterocycles. The highest BCUT2D eigenvalue weighted by Crippen LogP contribution is 2.29. The lowest BCUT2D eigenvalue weighted by atomic mass is 10.0. The van der Waals surface area contributed by atoms with Gasteiger partial charge in [0.2, 0.25) is 0 Å². The van der Waals surface area contributed by atoms with Crippen LogP contribution in [-0.4, -0.2) is 42.1 Å². The highest BCUT2D eigenvalue weighted by atomic mass is 16.5. The summed E-state index contributed by atoms with van der Waals surface area (Å²) < 4.78 is 11.5. The minimum Gasteiger partial charge on any atom is -0.494 e. The second kappa shape index (κ2) is 8.57. The van der Waals surface area contributed by atoms with Gasteiger partial charge in [0.05, 0.1) is 29.9 Å². The van der Waals surface area contributed by atoms with E-state index in [-0.39, 0.29) is 11.8 Å². The number of ether oxygens (including phenoxy) is 2. The summed E-state index contributed by atoms with van der Waals surface area (Å²) in [6.45, 7) is 7.25. The van der Waals surface area contributed by atoms with E-state index in [1.54, 1.807) is 24.3 Å². The Hall–Kier alpha value is -2.66. The molecule has 28 heavy (non-hydrogen) atoms. The number of carbonyl (C=O) groups excluding carboxylic acids is 2. The Kier molecular flexibility index (Phi) is 6.15. The first kappa shape index (κ1) is 20.1. The van der Waals surface area contributed by atoms with E-state index in [0.29, 0.717) is 30.9 Å². The number of aryl methyl sites for hydroxylation is 1. The topological polar surface area (TPSA) is 55.8 Å². The van der Waals surface area contributed by atoms with Gasteiger partial charge in [0.1, 0.15) is 5.75 Å². The molecule has 0 atom stereocenters. The van der Waals surface area contributed by atoms with Crippen molar-refractivity contribution in [3.63, 3.8) is 0 Å². The molecule has 0 bridgehead atoms. The zero-order chi connectivity index (χ0) is 20.1. The fraction of sp³-hybridized carbons (Fsp3) is 0.391. The molecule has 0 unspecified atom stereocenters. The third-order valence-electron chi connectivity index (χ3n) is 4.83. The number of amides is 2. The van der Waals surface area contributed by atoms with Crippen molar-refractivity contribution >= 4 is 11.8 Å². The van der Waals surface area contributed by atoms with E-state index >= 15 is 0 Å². The van der Waals surface area contributed by atoms with Gasteiger partial charge in [0.25, 0.3) is 11.8 Å². The van der Waals surface area contributed by atoms with Gasteiger partial charge in [0, 0.05) is 6.61 Å². The van der Waals surface area contributed by atoms with E-state index < -0.39 is 5.54 Å². The van der Waals surface area contributed by atoms with Crippen LogP contribution < -0.4 is 4.74 Å². The average molecular weight is 381 g/mol. The summed E-state index contributed by atoms with van der Waals surface area (Å²) in [5, 5.41) is 0. The van der Waals surface area contributed by atoms with Crippen molar-refractivity contribution in [3.05, 3.63) is 65.2 Å². The molecule has 1 aliphatic heterocycles. The highest BCUT2D eigenvalue weighted by molar-refractivity contribution is 6.21. The van der Waals surface area contributed by atoms with Crippen LogP contribution in [0.3, 0.4) is 0 Å². The summed E-state index contributed by atoms with van der Waals surface area (Å²) in [5.74, 6) is 0.375. The maximum atomic E-state index is 12.6. The van der Waals surface area contributed by atoms with Crippen molar-refractivity contribution in [1.82, 2.24) is 4.90 Å². The number of carbonyl (C=O) groups is 2. The molecule has 0 radical (unpaired) electrons. The molecular formula is C23H27NO4. The number of nitrogens with zero attached hydrogens (tertiary/aromatic N) is 1. The van der Waals surface area contributed by atoms with Crippen LogP contribution in [0, 0.1) is 6.92 Å². The van der Waals surface area contributed by atoms with Crippen LogP contribution in [-0.2, 0) is 4.74 Å². The van der Waals surface area contributed by atoms with Crippen molar-refractivity contribution in [2.45, 2.75) is 39.2 Å². The zero-order valence-corrected chi connectivity index (χ0v) is 16.7. The van der Waals surface area contributed by atoms with E-state index in [1.807, 2.05) is 45.0 Å². The smallest absolute Gasteiger partial charge is 0.262 e. The first-order valence-corrected chi connectivity index (χ1v) is 9.65. The van der Waals surface area contributed by atoms with Crippen LogP contribution >= 0.6 is 0 Å². The van der Waals surface area contributed by atoms with Gasteiger partial charge in [0.15, 0.2) is 0 Å². The third kappa shape index (κ3) is 4.42. The number of unbranched alkanes of at least 4 members (excludes halogenated alkanes) is 1. The second-order valence-electron chi connectivity index (χ2n) is 7.72.